The average Bonchev–Trinajstić information content (AvgIpc) is 2.73. The summed E-state index contributed by atoms with van der Waals surface area (Å²) >= 11 is 0. The van der Waals surface area contributed by atoms with Crippen molar-refractivity contribution in [2.24, 2.45) is 5.10 Å². The molecule has 0 radical (unpaired) electrons. The Bertz CT molecular complexity index is 501. The van der Waals surface area contributed by atoms with Gasteiger partial charge in [-0.2, -0.15) is 0 Å². The smallest absolute Gasteiger partial charge is 0.294 e. The molecule has 0 atom stereocenters. The summed E-state index contributed by atoms with van der Waals surface area (Å²) in [4.78, 5) is 22.8. The van der Waals surface area contributed by atoms with Crippen LogP contribution in [0, 0.1) is 0 Å². The lowest BCUT2D eigenvalue weighted by Gasteiger charge is -2.17. The number of amides is 2. The Morgan fingerprint density at radius 3 is 2.56 bits per heavy atom. The van der Waals surface area contributed by atoms with Crippen LogP contribution < -0.4 is 10.7 Å². The molecule has 0 spiro atoms. The van der Waals surface area contributed by atoms with E-state index in [4.69, 9.17) is 0 Å². The van der Waals surface area contributed by atoms with Gasteiger partial charge in [0.15, 0.2) is 0 Å². The molecule has 0 fully saturated rings. The van der Waals surface area contributed by atoms with E-state index in [9.17, 15) is 14.8 Å². The van der Waals surface area contributed by atoms with E-state index in [0.29, 0.717) is 10.8 Å². The van der Waals surface area contributed by atoms with Crippen molar-refractivity contribution in [3.8, 4) is 0 Å². The van der Waals surface area contributed by atoms with Crippen LogP contribution in [0.5, 0.6) is 0 Å². The third-order valence-electron chi connectivity index (χ3n) is 2.13. The normalized spacial score (nSPS) is 14.0. The van der Waals surface area contributed by atoms with E-state index in [2.05, 4.69) is 15.8 Å². The highest BCUT2D eigenvalue weighted by atomic mass is 16.6. The molecule has 1 heterocycles. The predicted octanol–water partition coefficient (Wildman–Crippen LogP) is -0.0885. The molecule has 1 aromatic carbocycles. The number of carbonyl (C=O) groups excluding carboxylic acids is 2. The highest BCUT2D eigenvalue weighted by Gasteiger charge is 2.28. The number of nitrogens with one attached hydrogen (secondary N) is 2. The fourth-order valence-electron chi connectivity index (χ4n) is 1.31. The molecular weight excluding hydrogens is 238 g/mol. The minimum absolute atomic E-state index is 0.184. The molecule has 0 unspecified atom stereocenters. The number of hydrazine groups is 2. The maximum atomic E-state index is 11.7. The van der Waals surface area contributed by atoms with Gasteiger partial charge in [0.05, 0.1) is 0 Å². The Labute approximate surface area is 102 Å². The first-order valence-corrected chi connectivity index (χ1v) is 5.09. The van der Waals surface area contributed by atoms with Crippen molar-refractivity contribution in [2.45, 2.75) is 6.92 Å². The van der Waals surface area contributed by atoms with Crippen LogP contribution in [-0.4, -0.2) is 33.3 Å². The number of amidine groups is 1. The molecule has 0 aromatic heterocycles. The average molecular weight is 249 g/mol. The van der Waals surface area contributed by atoms with Gasteiger partial charge < -0.3 is 5.32 Å². The molecular formula is C10H11N5O3. The molecule has 0 bridgehead atoms. The Balaban J connectivity index is 2.03. The monoisotopic (exact) mass is 249 g/mol. The first kappa shape index (κ1) is 11.9. The maximum absolute atomic E-state index is 11.7. The van der Waals surface area contributed by atoms with Crippen LogP contribution in [0.3, 0.4) is 0 Å². The maximum Gasteiger partial charge on any atom is 0.294 e. The number of benzene rings is 1. The van der Waals surface area contributed by atoms with Gasteiger partial charge in [-0.05, 0) is 17.4 Å². The predicted molar refractivity (Wildman–Crippen MR) is 61.8 cm³/mol. The molecule has 2 rings (SSSR count). The number of rotatable bonds is 2. The van der Waals surface area contributed by atoms with Gasteiger partial charge in [0.1, 0.15) is 0 Å². The number of hydrogen-bond donors (Lipinski definition) is 3. The van der Waals surface area contributed by atoms with Crippen molar-refractivity contribution in [3.63, 3.8) is 0 Å². The van der Waals surface area contributed by atoms with Crippen LogP contribution in [0.4, 0.5) is 5.69 Å². The minimum Gasteiger partial charge on any atom is -0.319 e. The number of anilines is 1. The molecule has 1 aromatic rings. The number of para-hydroxylation sites is 1. The number of nitrogens with zero attached hydrogens (tertiary/aromatic N) is 3. The quantitative estimate of drug-likeness (QED) is 0.680. The summed E-state index contributed by atoms with van der Waals surface area (Å²) in [7, 11) is 0. The van der Waals surface area contributed by atoms with Gasteiger partial charge in [-0.25, -0.2) is 0 Å². The van der Waals surface area contributed by atoms with Gasteiger partial charge in [0.25, 0.3) is 11.8 Å². The third-order valence-corrected chi connectivity index (χ3v) is 2.13. The first-order valence-electron chi connectivity index (χ1n) is 5.09. The second-order valence-corrected chi connectivity index (χ2v) is 3.48. The zero-order valence-corrected chi connectivity index (χ0v) is 9.49. The van der Waals surface area contributed by atoms with Crippen molar-refractivity contribution in [1.29, 1.82) is 0 Å². The minimum atomic E-state index is -0.566. The Morgan fingerprint density at radius 2 is 2.00 bits per heavy atom. The van der Waals surface area contributed by atoms with Gasteiger partial charge in [-0.3, -0.25) is 20.2 Å². The van der Waals surface area contributed by atoms with Crippen LogP contribution in [0.25, 0.3) is 0 Å². The first-order chi connectivity index (χ1) is 8.58. The molecule has 0 aliphatic carbocycles. The largest absolute Gasteiger partial charge is 0.319 e. The van der Waals surface area contributed by atoms with Crippen LogP contribution >= 0.6 is 0 Å². The second-order valence-electron chi connectivity index (χ2n) is 3.48. The van der Waals surface area contributed by atoms with Gasteiger partial charge in [-0.1, -0.05) is 18.2 Å². The molecule has 94 valence electrons. The van der Waals surface area contributed by atoms with Crippen LogP contribution in [-0.2, 0) is 9.59 Å². The zero-order chi connectivity index (χ0) is 13.1. The van der Waals surface area contributed by atoms with E-state index in [1.807, 2.05) is 6.07 Å². The van der Waals surface area contributed by atoms with E-state index >= 15 is 0 Å². The lowest BCUT2D eigenvalue weighted by molar-refractivity contribution is -0.239. The molecule has 8 heteroatoms. The highest BCUT2D eigenvalue weighted by molar-refractivity contribution is 6.42. The molecule has 8 nitrogen and oxygen atoms in total. The summed E-state index contributed by atoms with van der Waals surface area (Å²) in [6.07, 6.45) is 0. The number of hydrazone groups is 1. The van der Waals surface area contributed by atoms with Gasteiger partial charge >= 0.3 is 0 Å². The van der Waals surface area contributed by atoms with Gasteiger partial charge in [0.2, 0.25) is 5.84 Å². The molecule has 2 amide bonds. The van der Waals surface area contributed by atoms with Crippen LogP contribution in [0.2, 0.25) is 0 Å². The van der Waals surface area contributed by atoms with Crippen molar-refractivity contribution in [1.82, 2.24) is 15.8 Å². The molecule has 0 saturated carbocycles. The second kappa shape index (κ2) is 4.72. The SMILES string of the molecule is CC(=O)N1NC(C(=O)Nc2ccccc2)=NN1O. The highest BCUT2D eigenvalue weighted by Crippen LogP contribution is 2.07. The Hall–Kier alpha value is -2.61. The van der Waals surface area contributed by atoms with E-state index < -0.39 is 11.8 Å². The van der Waals surface area contributed by atoms with E-state index in [0.717, 1.165) is 0 Å². The summed E-state index contributed by atoms with van der Waals surface area (Å²) in [5, 5.41) is 16.2. The number of carbonyl (C=O) groups is 2. The number of hydrogen-bond acceptors (Lipinski definition) is 6. The van der Waals surface area contributed by atoms with E-state index in [1.165, 1.54) is 6.92 Å². The Morgan fingerprint density at radius 1 is 1.33 bits per heavy atom. The van der Waals surface area contributed by atoms with Crippen molar-refractivity contribution in [2.75, 3.05) is 5.32 Å². The van der Waals surface area contributed by atoms with Crippen molar-refractivity contribution in [3.05, 3.63) is 30.3 Å². The van der Waals surface area contributed by atoms with Gasteiger partial charge in [-0.15, -0.1) is 10.2 Å². The summed E-state index contributed by atoms with van der Waals surface area (Å²) in [6, 6.07) is 8.74. The van der Waals surface area contributed by atoms with Crippen molar-refractivity contribution >= 4 is 23.3 Å². The van der Waals surface area contributed by atoms with E-state index in [-0.39, 0.29) is 11.1 Å². The summed E-state index contributed by atoms with van der Waals surface area (Å²) < 4.78 is 0. The fourth-order valence-corrected chi connectivity index (χ4v) is 1.31. The molecule has 0 saturated heterocycles. The topological polar surface area (TPSA) is 97.3 Å². The lowest BCUT2D eigenvalue weighted by Crippen LogP contribution is -2.47. The van der Waals surface area contributed by atoms with Gasteiger partial charge in [0, 0.05) is 12.6 Å². The molecule has 1 aliphatic rings. The van der Waals surface area contributed by atoms with Crippen molar-refractivity contribution < 1.29 is 14.8 Å². The molecule has 18 heavy (non-hydrogen) atoms. The summed E-state index contributed by atoms with van der Waals surface area (Å²) in [5.74, 6) is -1.26. The fraction of sp³-hybridized carbons (Fsp3) is 0.100. The zero-order valence-electron chi connectivity index (χ0n) is 9.49. The third kappa shape index (κ3) is 2.38. The summed E-state index contributed by atoms with van der Waals surface area (Å²) in [5.41, 5.74) is 2.94. The standard InChI is InChI=1S/C10H11N5O3/c1-7(16)14-12-9(13-15(14)18)10(17)11-8-5-3-2-4-6-8/h2-6,18H,1H3,(H,11,17)(H,12,13). The van der Waals surface area contributed by atoms with Crippen LogP contribution in [0.1, 0.15) is 6.92 Å². The Kier molecular flexibility index (Phi) is 3.11. The molecule has 1 aliphatic heterocycles. The molecule has 3 N–H and O–H groups in total. The van der Waals surface area contributed by atoms with Crippen LogP contribution in [0.15, 0.2) is 35.4 Å². The lowest BCUT2D eigenvalue weighted by atomic mass is 10.3. The summed E-state index contributed by atoms with van der Waals surface area (Å²) in [6.45, 7) is 1.21. The van der Waals surface area contributed by atoms with E-state index in [1.54, 1.807) is 24.3 Å².